The van der Waals surface area contributed by atoms with E-state index in [1.54, 1.807) is 0 Å². The van der Waals surface area contributed by atoms with E-state index in [4.69, 9.17) is 18.9 Å². The molecular weight excluding hydrogens is 857 g/mol. The summed E-state index contributed by atoms with van der Waals surface area (Å²) in [6, 6.07) is 0. The molecule has 1 aliphatic rings. The molecule has 0 spiro atoms. The fourth-order valence-corrected chi connectivity index (χ4v) is 9.31. The Hall–Kier alpha value is -1.56. The number of allylic oxidation sites excluding steroid dienone is 2. The van der Waals surface area contributed by atoms with Gasteiger partial charge in [0.15, 0.2) is 12.4 Å². The molecule has 402 valence electrons. The zero-order chi connectivity index (χ0) is 49.4. The first kappa shape index (κ1) is 64.5. The number of unbranched alkanes of at least 4 members (excludes halogenated alkanes) is 38. The summed E-state index contributed by atoms with van der Waals surface area (Å²) in [5, 5.41) is 40.3. The molecule has 0 amide bonds. The normalized spacial score (nSPS) is 18.9. The lowest BCUT2D eigenvalue weighted by molar-refractivity contribution is -0.305. The van der Waals surface area contributed by atoms with Crippen molar-refractivity contribution in [3.05, 3.63) is 12.2 Å². The molecule has 1 rings (SSSR count). The second-order valence-corrected chi connectivity index (χ2v) is 20.5. The quantitative estimate of drug-likeness (QED) is 0.0263. The SMILES string of the molecule is CCCCCCCC/C=C/CCCCCCCCCCCCCC(=O)O[C@@H](COC(=O)CCCCCCCCCCCCCCCCCCCCCCCC)CO[C@H]1O[C@@H](CO)[C@@H](O)C(O)C1O. The van der Waals surface area contributed by atoms with Crippen molar-refractivity contribution in [2.45, 2.75) is 327 Å². The van der Waals surface area contributed by atoms with Gasteiger partial charge in [0.2, 0.25) is 0 Å². The van der Waals surface area contributed by atoms with Gasteiger partial charge in [-0.1, -0.05) is 251 Å². The van der Waals surface area contributed by atoms with E-state index in [0.29, 0.717) is 6.42 Å². The second kappa shape index (κ2) is 49.0. The van der Waals surface area contributed by atoms with E-state index in [9.17, 15) is 30.0 Å². The number of carbonyl (C=O) groups excluding carboxylic acids is 2. The smallest absolute Gasteiger partial charge is 0.306 e. The van der Waals surface area contributed by atoms with Gasteiger partial charge < -0.3 is 39.4 Å². The average molecular weight is 968 g/mol. The van der Waals surface area contributed by atoms with Gasteiger partial charge in [0.25, 0.3) is 0 Å². The maximum atomic E-state index is 12.9. The van der Waals surface area contributed by atoms with Crippen LogP contribution < -0.4 is 0 Å². The molecule has 2 unspecified atom stereocenters. The molecule has 0 aliphatic carbocycles. The topological polar surface area (TPSA) is 152 Å². The third-order valence-corrected chi connectivity index (χ3v) is 13.9. The number of hydrogen-bond acceptors (Lipinski definition) is 10. The Kier molecular flexibility index (Phi) is 46.5. The van der Waals surface area contributed by atoms with E-state index in [0.717, 1.165) is 38.5 Å². The lowest BCUT2D eigenvalue weighted by atomic mass is 9.99. The van der Waals surface area contributed by atoms with E-state index in [2.05, 4.69) is 26.0 Å². The van der Waals surface area contributed by atoms with Crippen molar-refractivity contribution in [1.29, 1.82) is 0 Å². The van der Waals surface area contributed by atoms with Crippen LogP contribution in [0.25, 0.3) is 0 Å². The van der Waals surface area contributed by atoms with Gasteiger partial charge in [0, 0.05) is 12.8 Å². The Morgan fingerprint density at radius 3 is 1.15 bits per heavy atom. The summed E-state index contributed by atoms with van der Waals surface area (Å²) >= 11 is 0. The number of rotatable bonds is 51. The molecule has 0 aromatic rings. The molecule has 0 bridgehead atoms. The zero-order valence-electron chi connectivity index (χ0n) is 44.4. The van der Waals surface area contributed by atoms with E-state index in [1.165, 1.54) is 218 Å². The van der Waals surface area contributed by atoms with E-state index in [-0.39, 0.29) is 32.0 Å². The standard InChI is InChI=1S/C58H110O10/c1-3-5-7-9-11-13-15-17-19-21-23-25-27-28-30-32-34-36-38-40-42-44-46-53(60)65-49-51(50-66-58-57(64)56(63)55(62)52(48-59)68-58)67-54(61)47-45-43-41-39-37-35-33-31-29-26-24-22-20-18-16-14-12-10-8-6-4-2/h18,20,51-52,55-59,62-64H,3-17,19,21-50H2,1-2H3/b20-18+/t51-,52-,55+,56?,57?,58-/m0/s1. The number of aliphatic hydroxyl groups is 4. The number of ether oxygens (including phenoxy) is 4. The molecule has 6 atom stereocenters. The van der Waals surface area contributed by atoms with E-state index < -0.39 is 49.4 Å². The molecule has 1 heterocycles. The molecule has 1 aliphatic heterocycles. The molecular formula is C58H110O10. The summed E-state index contributed by atoms with van der Waals surface area (Å²) in [7, 11) is 0. The molecule has 0 saturated carbocycles. The third-order valence-electron chi connectivity index (χ3n) is 13.9. The largest absolute Gasteiger partial charge is 0.462 e. The molecule has 1 saturated heterocycles. The molecule has 1 fully saturated rings. The fraction of sp³-hybridized carbons (Fsp3) is 0.931. The number of aliphatic hydroxyl groups excluding tert-OH is 4. The lowest BCUT2D eigenvalue weighted by Gasteiger charge is -2.39. The van der Waals surface area contributed by atoms with Crippen LogP contribution in [0.5, 0.6) is 0 Å². The van der Waals surface area contributed by atoms with Gasteiger partial charge in [-0.25, -0.2) is 0 Å². The van der Waals surface area contributed by atoms with Crippen LogP contribution in [-0.2, 0) is 28.5 Å². The van der Waals surface area contributed by atoms with Gasteiger partial charge in [-0.2, -0.15) is 0 Å². The first-order valence-corrected chi connectivity index (χ1v) is 29.3. The highest BCUT2D eigenvalue weighted by Gasteiger charge is 2.44. The van der Waals surface area contributed by atoms with Crippen molar-refractivity contribution < 1.29 is 49.0 Å². The Labute approximate surface area is 418 Å². The van der Waals surface area contributed by atoms with Crippen molar-refractivity contribution in [2.75, 3.05) is 19.8 Å². The molecule has 0 radical (unpaired) electrons. The summed E-state index contributed by atoms with van der Waals surface area (Å²) in [5.41, 5.74) is 0. The van der Waals surface area contributed by atoms with Crippen LogP contribution in [0.3, 0.4) is 0 Å². The van der Waals surface area contributed by atoms with Crippen LogP contribution in [0.2, 0.25) is 0 Å². The van der Waals surface area contributed by atoms with Crippen LogP contribution in [0.15, 0.2) is 12.2 Å². The lowest BCUT2D eigenvalue weighted by Crippen LogP contribution is -2.59. The van der Waals surface area contributed by atoms with Gasteiger partial charge in [-0.05, 0) is 38.5 Å². The van der Waals surface area contributed by atoms with Gasteiger partial charge >= 0.3 is 11.9 Å². The first-order chi connectivity index (χ1) is 33.3. The highest BCUT2D eigenvalue weighted by Crippen LogP contribution is 2.23. The fourth-order valence-electron chi connectivity index (χ4n) is 9.31. The van der Waals surface area contributed by atoms with Crippen LogP contribution in [0.1, 0.15) is 290 Å². The summed E-state index contributed by atoms with van der Waals surface area (Å²) in [6.45, 7) is 3.49. The molecule has 0 aromatic carbocycles. The predicted octanol–water partition coefficient (Wildman–Crippen LogP) is 14.6. The monoisotopic (exact) mass is 967 g/mol. The third kappa shape index (κ3) is 39.1. The number of hydrogen-bond donors (Lipinski definition) is 4. The van der Waals surface area contributed by atoms with Gasteiger partial charge in [-0.15, -0.1) is 0 Å². The summed E-state index contributed by atoms with van der Waals surface area (Å²) in [4.78, 5) is 25.6. The van der Waals surface area contributed by atoms with Crippen LogP contribution in [0, 0.1) is 0 Å². The minimum Gasteiger partial charge on any atom is -0.462 e. The first-order valence-electron chi connectivity index (χ1n) is 29.3. The highest BCUT2D eigenvalue weighted by atomic mass is 16.7. The molecule has 10 heteroatoms. The minimum atomic E-state index is -1.59. The van der Waals surface area contributed by atoms with Crippen molar-refractivity contribution >= 4 is 11.9 Å². The van der Waals surface area contributed by atoms with Crippen LogP contribution in [0.4, 0.5) is 0 Å². The van der Waals surface area contributed by atoms with Crippen LogP contribution >= 0.6 is 0 Å². The molecule has 68 heavy (non-hydrogen) atoms. The Morgan fingerprint density at radius 2 is 0.779 bits per heavy atom. The van der Waals surface area contributed by atoms with Crippen molar-refractivity contribution in [3.63, 3.8) is 0 Å². The van der Waals surface area contributed by atoms with Gasteiger partial charge in [0.1, 0.15) is 31.0 Å². The molecule has 10 nitrogen and oxygen atoms in total. The number of carbonyl (C=O) groups is 2. The molecule has 4 N–H and O–H groups in total. The summed E-state index contributed by atoms with van der Waals surface area (Å²) in [6.07, 6.45) is 49.4. The Bertz CT molecular complexity index is 1120. The van der Waals surface area contributed by atoms with Crippen molar-refractivity contribution in [3.8, 4) is 0 Å². The summed E-state index contributed by atoms with van der Waals surface area (Å²) in [5.74, 6) is -0.787. The van der Waals surface area contributed by atoms with Crippen molar-refractivity contribution in [2.24, 2.45) is 0 Å². The average Bonchev–Trinajstić information content (AvgIpc) is 3.34. The zero-order valence-corrected chi connectivity index (χ0v) is 44.4. The summed E-state index contributed by atoms with van der Waals surface area (Å²) < 4.78 is 22.3. The van der Waals surface area contributed by atoms with Gasteiger partial charge in [-0.3, -0.25) is 9.59 Å². The van der Waals surface area contributed by atoms with Crippen molar-refractivity contribution in [1.82, 2.24) is 0 Å². The maximum Gasteiger partial charge on any atom is 0.306 e. The maximum absolute atomic E-state index is 12.9. The van der Waals surface area contributed by atoms with Gasteiger partial charge in [0.05, 0.1) is 13.2 Å². The second-order valence-electron chi connectivity index (χ2n) is 20.5. The highest BCUT2D eigenvalue weighted by molar-refractivity contribution is 5.70. The van der Waals surface area contributed by atoms with Crippen LogP contribution in [-0.4, -0.2) is 89.0 Å². The van der Waals surface area contributed by atoms with E-state index in [1.807, 2.05) is 0 Å². The Morgan fingerprint density at radius 1 is 0.441 bits per heavy atom. The number of esters is 2. The molecule has 0 aromatic heterocycles. The van der Waals surface area contributed by atoms with E-state index >= 15 is 0 Å². The predicted molar refractivity (Wildman–Crippen MR) is 280 cm³/mol. The Balaban J connectivity index is 2.18. The minimum absolute atomic E-state index is 0.211.